The predicted molar refractivity (Wildman–Crippen MR) is 90.3 cm³/mol. The van der Waals surface area contributed by atoms with Crippen LogP contribution in [0.2, 0.25) is 0 Å². The number of anilines is 1. The molecule has 2 saturated heterocycles. The first-order valence-electron chi connectivity index (χ1n) is 8.47. The van der Waals surface area contributed by atoms with Gasteiger partial charge in [0.05, 0.1) is 5.92 Å². The number of nitrogens with zero attached hydrogens (tertiary/aromatic N) is 2. The standard InChI is InChI=1S/C18H27N3O/c1-14-5-3-7-17(15(14)2)20-9-11-21(12-10-20)18(22)16-6-4-8-19-13-16/h3,5,7,16,19H,4,6,8-13H2,1-2H3/t16-/m1/s1. The number of nitrogens with one attached hydrogen (secondary N) is 1. The molecule has 0 saturated carbocycles. The summed E-state index contributed by atoms with van der Waals surface area (Å²) in [5, 5.41) is 3.35. The second kappa shape index (κ2) is 6.69. The summed E-state index contributed by atoms with van der Waals surface area (Å²) in [6.07, 6.45) is 2.17. The van der Waals surface area contributed by atoms with Crippen LogP contribution < -0.4 is 10.2 Å². The lowest BCUT2D eigenvalue weighted by Gasteiger charge is -2.39. The fourth-order valence-electron chi connectivity index (χ4n) is 3.57. The van der Waals surface area contributed by atoms with Crippen LogP contribution in [0.5, 0.6) is 0 Å². The lowest BCUT2D eigenvalue weighted by molar-refractivity contribution is -0.136. The SMILES string of the molecule is Cc1cccc(N2CCN(C(=O)[C@@H]3CCCNC3)CC2)c1C. The molecule has 2 aliphatic heterocycles. The molecule has 1 amide bonds. The van der Waals surface area contributed by atoms with Crippen molar-refractivity contribution in [2.24, 2.45) is 5.92 Å². The van der Waals surface area contributed by atoms with Gasteiger partial charge in [-0.25, -0.2) is 0 Å². The van der Waals surface area contributed by atoms with E-state index in [2.05, 4.69) is 47.2 Å². The van der Waals surface area contributed by atoms with E-state index in [0.717, 1.165) is 52.1 Å². The largest absolute Gasteiger partial charge is 0.368 e. The van der Waals surface area contributed by atoms with Crippen molar-refractivity contribution in [1.82, 2.24) is 10.2 Å². The van der Waals surface area contributed by atoms with E-state index in [1.165, 1.54) is 16.8 Å². The average molecular weight is 301 g/mol. The van der Waals surface area contributed by atoms with Crippen molar-refractivity contribution < 1.29 is 4.79 Å². The molecule has 1 aromatic rings. The molecule has 0 aliphatic carbocycles. The van der Waals surface area contributed by atoms with Gasteiger partial charge in [-0.1, -0.05) is 12.1 Å². The van der Waals surface area contributed by atoms with Crippen molar-refractivity contribution in [3.8, 4) is 0 Å². The highest BCUT2D eigenvalue weighted by atomic mass is 16.2. The monoisotopic (exact) mass is 301 g/mol. The number of hydrogen-bond acceptors (Lipinski definition) is 3. The molecule has 3 rings (SSSR count). The van der Waals surface area contributed by atoms with Crippen molar-refractivity contribution in [3.63, 3.8) is 0 Å². The van der Waals surface area contributed by atoms with Crippen molar-refractivity contribution in [3.05, 3.63) is 29.3 Å². The zero-order chi connectivity index (χ0) is 15.5. The molecule has 0 unspecified atom stereocenters. The summed E-state index contributed by atoms with van der Waals surface area (Å²) in [5.74, 6) is 0.550. The fourth-order valence-corrected chi connectivity index (χ4v) is 3.57. The number of aryl methyl sites for hydroxylation is 1. The van der Waals surface area contributed by atoms with Gasteiger partial charge in [-0.15, -0.1) is 0 Å². The van der Waals surface area contributed by atoms with Gasteiger partial charge in [0, 0.05) is 38.4 Å². The van der Waals surface area contributed by atoms with Gasteiger partial charge in [0.2, 0.25) is 5.91 Å². The highest BCUT2D eigenvalue weighted by molar-refractivity contribution is 5.79. The molecule has 0 aromatic heterocycles. The fraction of sp³-hybridized carbons (Fsp3) is 0.611. The van der Waals surface area contributed by atoms with Crippen molar-refractivity contribution in [2.45, 2.75) is 26.7 Å². The molecule has 120 valence electrons. The van der Waals surface area contributed by atoms with E-state index in [0.29, 0.717) is 5.91 Å². The third-order valence-corrected chi connectivity index (χ3v) is 5.15. The van der Waals surface area contributed by atoms with Gasteiger partial charge in [0.25, 0.3) is 0 Å². The van der Waals surface area contributed by atoms with E-state index in [4.69, 9.17) is 0 Å². The summed E-state index contributed by atoms with van der Waals surface area (Å²) in [7, 11) is 0. The molecule has 0 radical (unpaired) electrons. The first kappa shape index (κ1) is 15.3. The quantitative estimate of drug-likeness (QED) is 0.907. The summed E-state index contributed by atoms with van der Waals surface area (Å²) < 4.78 is 0. The Bertz CT molecular complexity index is 529. The summed E-state index contributed by atoms with van der Waals surface area (Å²) >= 11 is 0. The number of benzene rings is 1. The predicted octanol–water partition coefficient (Wildman–Crippen LogP) is 1.95. The molecule has 0 spiro atoms. The Morgan fingerprint density at radius 2 is 1.95 bits per heavy atom. The van der Waals surface area contributed by atoms with E-state index >= 15 is 0 Å². The van der Waals surface area contributed by atoms with Crippen LogP contribution in [0, 0.1) is 19.8 Å². The maximum absolute atomic E-state index is 12.6. The van der Waals surface area contributed by atoms with E-state index < -0.39 is 0 Å². The number of rotatable bonds is 2. The van der Waals surface area contributed by atoms with Crippen LogP contribution in [-0.2, 0) is 4.79 Å². The molecule has 4 nitrogen and oxygen atoms in total. The van der Waals surface area contributed by atoms with E-state index in [1.807, 2.05) is 0 Å². The molecule has 2 fully saturated rings. The molecule has 1 N–H and O–H groups in total. The molecule has 4 heteroatoms. The minimum atomic E-state index is 0.195. The van der Waals surface area contributed by atoms with Gasteiger partial charge < -0.3 is 15.1 Å². The Hall–Kier alpha value is -1.55. The van der Waals surface area contributed by atoms with Gasteiger partial charge in [-0.3, -0.25) is 4.79 Å². The zero-order valence-corrected chi connectivity index (χ0v) is 13.8. The molecule has 2 aliphatic rings. The number of carbonyl (C=O) groups is 1. The Morgan fingerprint density at radius 3 is 2.64 bits per heavy atom. The molecular weight excluding hydrogens is 274 g/mol. The third-order valence-electron chi connectivity index (χ3n) is 5.15. The van der Waals surface area contributed by atoms with Gasteiger partial charge in [-0.05, 0) is 50.4 Å². The van der Waals surface area contributed by atoms with Crippen LogP contribution in [0.25, 0.3) is 0 Å². The third kappa shape index (κ3) is 3.12. The van der Waals surface area contributed by atoms with Gasteiger partial charge in [-0.2, -0.15) is 0 Å². The number of amides is 1. The average Bonchev–Trinajstić information content (AvgIpc) is 2.58. The minimum absolute atomic E-state index is 0.195. The second-order valence-electron chi connectivity index (χ2n) is 6.57. The maximum Gasteiger partial charge on any atom is 0.227 e. The van der Waals surface area contributed by atoms with Gasteiger partial charge >= 0.3 is 0 Å². The van der Waals surface area contributed by atoms with Gasteiger partial charge in [0.1, 0.15) is 0 Å². The Labute approximate surface area is 133 Å². The molecule has 1 atom stereocenters. The number of hydrogen-bond donors (Lipinski definition) is 1. The Balaban J connectivity index is 1.60. The van der Waals surface area contributed by atoms with Crippen LogP contribution in [0.1, 0.15) is 24.0 Å². The summed E-state index contributed by atoms with van der Waals surface area (Å²) in [6, 6.07) is 6.49. The second-order valence-corrected chi connectivity index (χ2v) is 6.57. The first-order valence-corrected chi connectivity index (χ1v) is 8.47. The van der Waals surface area contributed by atoms with E-state index in [9.17, 15) is 4.79 Å². The van der Waals surface area contributed by atoms with Crippen LogP contribution >= 0.6 is 0 Å². The molecule has 0 bridgehead atoms. The lowest BCUT2D eigenvalue weighted by atomic mass is 9.97. The topological polar surface area (TPSA) is 35.6 Å². The van der Waals surface area contributed by atoms with Crippen LogP contribution in [-0.4, -0.2) is 50.1 Å². The van der Waals surface area contributed by atoms with Crippen molar-refractivity contribution in [2.75, 3.05) is 44.2 Å². The van der Waals surface area contributed by atoms with E-state index in [1.54, 1.807) is 0 Å². The van der Waals surface area contributed by atoms with Crippen LogP contribution in [0.15, 0.2) is 18.2 Å². The van der Waals surface area contributed by atoms with Crippen molar-refractivity contribution >= 4 is 11.6 Å². The maximum atomic E-state index is 12.6. The van der Waals surface area contributed by atoms with Crippen LogP contribution in [0.3, 0.4) is 0 Å². The first-order chi connectivity index (χ1) is 10.7. The van der Waals surface area contributed by atoms with Crippen molar-refractivity contribution in [1.29, 1.82) is 0 Å². The highest BCUT2D eigenvalue weighted by Gasteiger charge is 2.28. The zero-order valence-electron chi connectivity index (χ0n) is 13.8. The highest BCUT2D eigenvalue weighted by Crippen LogP contribution is 2.24. The number of piperidine rings is 1. The number of carbonyl (C=O) groups excluding carboxylic acids is 1. The molecular formula is C18H27N3O. The molecule has 2 heterocycles. The normalized spacial score (nSPS) is 22.7. The Kier molecular flexibility index (Phi) is 4.67. The molecule has 1 aromatic carbocycles. The summed E-state index contributed by atoms with van der Waals surface area (Å²) in [5.41, 5.74) is 4.02. The van der Waals surface area contributed by atoms with E-state index in [-0.39, 0.29) is 5.92 Å². The minimum Gasteiger partial charge on any atom is -0.368 e. The van der Waals surface area contributed by atoms with Crippen LogP contribution in [0.4, 0.5) is 5.69 Å². The molecule has 22 heavy (non-hydrogen) atoms. The lowest BCUT2D eigenvalue weighted by Crippen LogP contribution is -2.52. The number of piperazine rings is 1. The van der Waals surface area contributed by atoms with Gasteiger partial charge in [0.15, 0.2) is 0 Å². The Morgan fingerprint density at radius 1 is 1.18 bits per heavy atom. The summed E-state index contributed by atoms with van der Waals surface area (Å²) in [4.78, 5) is 17.1. The summed E-state index contributed by atoms with van der Waals surface area (Å²) in [6.45, 7) is 9.85. The smallest absolute Gasteiger partial charge is 0.227 e.